The number of hydrogen-bond acceptors (Lipinski definition) is 3. The zero-order valence-electron chi connectivity index (χ0n) is 14.1. The third-order valence-corrected chi connectivity index (χ3v) is 3.90. The number of hydrogen-bond donors (Lipinski definition) is 1. The van der Waals surface area contributed by atoms with Gasteiger partial charge in [-0.05, 0) is 37.1 Å². The van der Waals surface area contributed by atoms with E-state index in [0.29, 0.717) is 12.1 Å². The quantitative estimate of drug-likeness (QED) is 0.804. The molecule has 0 saturated heterocycles. The lowest BCUT2D eigenvalue weighted by atomic mass is 10.1. The molecular weight excluding hydrogens is 300 g/mol. The van der Waals surface area contributed by atoms with E-state index in [0.717, 1.165) is 27.9 Å². The number of carbonyl (C=O) groups excluding carboxylic acids is 1. The van der Waals surface area contributed by atoms with Crippen molar-refractivity contribution in [2.45, 2.75) is 20.4 Å². The van der Waals surface area contributed by atoms with Gasteiger partial charge >= 0.3 is 0 Å². The highest BCUT2D eigenvalue weighted by Crippen LogP contribution is 2.16. The zero-order valence-corrected chi connectivity index (χ0v) is 14.1. The van der Waals surface area contributed by atoms with Crippen molar-refractivity contribution in [3.05, 3.63) is 71.2 Å². The van der Waals surface area contributed by atoms with Crippen LogP contribution >= 0.6 is 0 Å². The lowest BCUT2D eigenvalue weighted by Gasteiger charge is -2.08. The number of carbonyl (C=O) groups is 1. The van der Waals surface area contributed by atoms with Crippen LogP contribution in [0.4, 0.5) is 0 Å². The van der Waals surface area contributed by atoms with Crippen LogP contribution in [0.15, 0.2) is 48.9 Å². The van der Waals surface area contributed by atoms with Gasteiger partial charge in [0, 0.05) is 37.1 Å². The summed E-state index contributed by atoms with van der Waals surface area (Å²) in [5, 5.41) is 7.09. The summed E-state index contributed by atoms with van der Waals surface area (Å²) in [6.07, 6.45) is 5.48. The normalized spacial score (nSPS) is 10.6. The molecule has 5 nitrogen and oxygen atoms in total. The third kappa shape index (κ3) is 3.51. The van der Waals surface area contributed by atoms with E-state index in [4.69, 9.17) is 0 Å². The van der Waals surface area contributed by atoms with Gasteiger partial charge in [0.1, 0.15) is 0 Å². The van der Waals surface area contributed by atoms with E-state index in [-0.39, 0.29) is 5.91 Å². The average Bonchev–Trinajstić information content (AvgIpc) is 2.99. The fourth-order valence-electron chi connectivity index (χ4n) is 2.60. The Hall–Kier alpha value is -2.95. The number of nitrogens with one attached hydrogen (secondary N) is 1. The summed E-state index contributed by atoms with van der Waals surface area (Å²) in [6.45, 7) is 4.42. The summed E-state index contributed by atoms with van der Waals surface area (Å²) < 4.78 is 1.75. The summed E-state index contributed by atoms with van der Waals surface area (Å²) in [4.78, 5) is 16.7. The van der Waals surface area contributed by atoms with Crippen molar-refractivity contribution in [3.63, 3.8) is 0 Å². The molecule has 2 aromatic heterocycles. The first-order chi connectivity index (χ1) is 11.5. The van der Waals surface area contributed by atoms with Crippen LogP contribution in [0.2, 0.25) is 0 Å². The fourth-order valence-corrected chi connectivity index (χ4v) is 2.60. The van der Waals surface area contributed by atoms with Crippen LogP contribution in [0.25, 0.3) is 11.3 Å². The van der Waals surface area contributed by atoms with Gasteiger partial charge in [0.2, 0.25) is 0 Å². The Labute approximate surface area is 141 Å². The third-order valence-electron chi connectivity index (χ3n) is 3.90. The van der Waals surface area contributed by atoms with E-state index in [9.17, 15) is 4.79 Å². The molecule has 3 aromatic rings. The molecule has 0 aliphatic carbocycles. The molecule has 122 valence electrons. The van der Waals surface area contributed by atoms with Crippen LogP contribution in [0, 0.1) is 13.8 Å². The van der Waals surface area contributed by atoms with Gasteiger partial charge in [-0.1, -0.05) is 23.8 Å². The summed E-state index contributed by atoms with van der Waals surface area (Å²) in [5.74, 6) is -0.0659. The van der Waals surface area contributed by atoms with Crippen LogP contribution in [0.5, 0.6) is 0 Å². The molecule has 1 aromatic carbocycles. The maximum atomic E-state index is 12.3. The SMILES string of the molecule is Cc1ccc(C(=O)NCc2ccc(-c3cnn(C)c3)nc2)c(C)c1. The van der Waals surface area contributed by atoms with Crippen molar-refractivity contribution < 1.29 is 4.79 Å². The summed E-state index contributed by atoms with van der Waals surface area (Å²) in [7, 11) is 1.88. The molecule has 0 aliphatic heterocycles. The van der Waals surface area contributed by atoms with Gasteiger partial charge in [-0.15, -0.1) is 0 Å². The second-order valence-corrected chi connectivity index (χ2v) is 5.96. The number of benzene rings is 1. The molecule has 1 N–H and O–H groups in total. The lowest BCUT2D eigenvalue weighted by molar-refractivity contribution is 0.0950. The van der Waals surface area contributed by atoms with Crippen molar-refractivity contribution in [2.24, 2.45) is 7.05 Å². The van der Waals surface area contributed by atoms with Crippen LogP contribution in [0.3, 0.4) is 0 Å². The molecule has 0 bridgehead atoms. The van der Waals surface area contributed by atoms with Crippen molar-refractivity contribution in [1.82, 2.24) is 20.1 Å². The monoisotopic (exact) mass is 320 g/mol. The minimum Gasteiger partial charge on any atom is -0.348 e. The molecule has 2 heterocycles. The molecule has 0 radical (unpaired) electrons. The Balaban J connectivity index is 1.65. The minimum absolute atomic E-state index is 0.0659. The van der Waals surface area contributed by atoms with Crippen LogP contribution < -0.4 is 5.32 Å². The van der Waals surface area contributed by atoms with Crippen molar-refractivity contribution in [2.75, 3.05) is 0 Å². The van der Waals surface area contributed by atoms with Crippen molar-refractivity contribution >= 4 is 5.91 Å². The Kier molecular flexibility index (Phi) is 4.42. The Morgan fingerprint density at radius 3 is 2.62 bits per heavy atom. The van der Waals surface area contributed by atoms with Gasteiger partial charge in [-0.25, -0.2) is 0 Å². The molecule has 3 rings (SSSR count). The van der Waals surface area contributed by atoms with E-state index in [1.165, 1.54) is 0 Å². The summed E-state index contributed by atoms with van der Waals surface area (Å²) in [5.41, 5.74) is 5.65. The first-order valence-electron chi connectivity index (χ1n) is 7.82. The summed E-state index contributed by atoms with van der Waals surface area (Å²) >= 11 is 0. The number of aryl methyl sites for hydroxylation is 3. The average molecular weight is 320 g/mol. The highest BCUT2D eigenvalue weighted by molar-refractivity contribution is 5.95. The highest BCUT2D eigenvalue weighted by atomic mass is 16.1. The first kappa shape index (κ1) is 15.9. The molecule has 0 unspecified atom stereocenters. The Morgan fingerprint density at radius 1 is 1.17 bits per heavy atom. The van der Waals surface area contributed by atoms with Crippen LogP contribution in [-0.2, 0) is 13.6 Å². The molecule has 1 amide bonds. The van der Waals surface area contributed by atoms with E-state index in [1.54, 1.807) is 17.1 Å². The van der Waals surface area contributed by atoms with Gasteiger partial charge in [-0.2, -0.15) is 5.10 Å². The first-order valence-corrected chi connectivity index (χ1v) is 7.82. The largest absolute Gasteiger partial charge is 0.348 e. The predicted molar refractivity (Wildman–Crippen MR) is 93.5 cm³/mol. The van der Waals surface area contributed by atoms with Crippen molar-refractivity contribution in [1.29, 1.82) is 0 Å². The predicted octanol–water partition coefficient (Wildman–Crippen LogP) is 3.03. The molecular formula is C19H20N4O. The highest BCUT2D eigenvalue weighted by Gasteiger charge is 2.09. The minimum atomic E-state index is -0.0659. The number of pyridine rings is 1. The smallest absolute Gasteiger partial charge is 0.251 e. The van der Waals surface area contributed by atoms with Crippen LogP contribution in [0.1, 0.15) is 27.0 Å². The molecule has 24 heavy (non-hydrogen) atoms. The van der Waals surface area contributed by atoms with Gasteiger partial charge in [0.15, 0.2) is 0 Å². The van der Waals surface area contributed by atoms with Gasteiger partial charge < -0.3 is 5.32 Å². The molecule has 0 atom stereocenters. The number of nitrogens with zero attached hydrogens (tertiary/aromatic N) is 3. The van der Waals surface area contributed by atoms with Crippen molar-refractivity contribution in [3.8, 4) is 11.3 Å². The standard InChI is InChI=1S/C19H20N4O/c1-13-4-6-17(14(2)8-13)19(24)21-10-15-5-7-18(20-9-15)16-11-22-23(3)12-16/h4-9,11-12H,10H2,1-3H3,(H,21,24). The van der Waals surface area contributed by atoms with Gasteiger partial charge in [-0.3, -0.25) is 14.5 Å². The molecule has 5 heteroatoms. The molecule has 0 fully saturated rings. The van der Waals surface area contributed by atoms with E-state index >= 15 is 0 Å². The topological polar surface area (TPSA) is 59.8 Å². The summed E-state index contributed by atoms with van der Waals surface area (Å²) in [6, 6.07) is 9.74. The van der Waals surface area contributed by atoms with E-state index < -0.39 is 0 Å². The fraction of sp³-hybridized carbons (Fsp3) is 0.211. The number of aromatic nitrogens is 3. The van der Waals surface area contributed by atoms with Gasteiger partial charge in [0.05, 0.1) is 11.9 Å². The van der Waals surface area contributed by atoms with Gasteiger partial charge in [0.25, 0.3) is 5.91 Å². The Bertz CT molecular complexity index is 865. The molecule has 0 aliphatic rings. The second kappa shape index (κ2) is 6.66. The number of amides is 1. The maximum absolute atomic E-state index is 12.3. The van der Waals surface area contributed by atoms with Crippen LogP contribution in [-0.4, -0.2) is 20.7 Å². The second-order valence-electron chi connectivity index (χ2n) is 5.96. The molecule has 0 spiro atoms. The lowest BCUT2D eigenvalue weighted by Crippen LogP contribution is -2.23. The molecule has 0 saturated carbocycles. The Morgan fingerprint density at radius 2 is 2.00 bits per heavy atom. The van der Waals surface area contributed by atoms with E-state index in [2.05, 4.69) is 15.4 Å². The maximum Gasteiger partial charge on any atom is 0.251 e. The van der Waals surface area contributed by atoms with E-state index in [1.807, 2.05) is 57.4 Å². The number of rotatable bonds is 4. The zero-order chi connectivity index (χ0) is 17.1.